The maximum Gasteiger partial charge on any atom is 0.311 e. The number of tetrazole rings is 1. The average molecular weight is 274 g/mol. The first kappa shape index (κ1) is 12.6. The molecule has 0 spiro atoms. The molecule has 0 aliphatic heterocycles. The lowest BCUT2D eigenvalue weighted by Gasteiger charge is -2.23. The van der Waals surface area contributed by atoms with Crippen LogP contribution in [0.15, 0.2) is 18.6 Å². The van der Waals surface area contributed by atoms with Crippen molar-refractivity contribution in [3.63, 3.8) is 0 Å². The van der Waals surface area contributed by atoms with Crippen molar-refractivity contribution >= 4 is 5.97 Å². The molecule has 0 unspecified atom stereocenters. The van der Waals surface area contributed by atoms with Gasteiger partial charge in [-0.2, -0.15) is 0 Å². The Kier molecular flexibility index (Phi) is 3.13. The van der Waals surface area contributed by atoms with Crippen molar-refractivity contribution in [3.8, 4) is 11.5 Å². The zero-order chi connectivity index (χ0) is 14.0. The Bertz CT molecular complexity index is 605. The molecule has 2 aromatic rings. The van der Waals surface area contributed by atoms with Crippen LogP contribution in [0.3, 0.4) is 0 Å². The fourth-order valence-electron chi connectivity index (χ4n) is 2.69. The van der Waals surface area contributed by atoms with Gasteiger partial charge in [-0.05, 0) is 23.3 Å². The van der Waals surface area contributed by atoms with Crippen LogP contribution in [0.1, 0.15) is 25.7 Å². The van der Waals surface area contributed by atoms with E-state index in [0.717, 1.165) is 12.8 Å². The summed E-state index contributed by atoms with van der Waals surface area (Å²) in [6.45, 7) is 0.265. The Morgan fingerprint density at radius 2 is 2.15 bits per heavy atom. The maximum atomic E-state index is 11.6. The maximum absolute atomic E-state index is 11.6. The fourth-order valence-corrected chi connectivity index (χ4v) is 2.69. The van der Waals surface area contributed by atoms with E-state index in [1.165, 1.54) is 4.68 Å². The Morgan fingerprint density at radius 1 is 1.35 bits per heavy atom. The summed E-state index contributed by atoms with van der Waals surface area (Å²) in [7, 11) is 0. The van der Waals surface area contributed by atoms with Crippen molar-refractivity contribution < 1.29 is 9.90 Å². The third kappa shape index (κ3) is 2.13. The zero-order valence-electron chi connectivity index (χ0n) is 10.8. The number of carboxylic acids is 1. The molecule has 1 saturated carbocycles. The molecule has 0 radical (unpaired) electrons. The van der Waals surface area contributed by atoms with Gasteiger partial charge in [-0.3, -0.25) is 9.78 Å². The molecule has 2 aromatic heterocycles. The quantitative estimate of drug-likeness (QED) is 0.877. The SMILES string of the molecule is O=C(O)C1(Cn2nnnc2-c2cnccn2)CCCC1. The van der Waals surface area contributed by atoms with Crippen LogP contribution in [-0.2, 0) is 11.3 Å². The number of nitrogens with zero attached hydrogens (tertiary/aromatic N) is 6. The number of aliphatic carboxylic acids is 1. The van der Waals surface area contributed by atoms with Gasteiger partial charge in [-0.25, -0.2) is 9.67 Å². The largest absolute Gasteiger partial charge is 0.481 e. The molecule has 2 heterocycles. The van der Waals surface area contributed by atoms with Gasteiger partial charge < -0.3 is 5.11 Å². The number of carboxylic acid groups (broad SMARTS) is 1. The van der Waals surface area contributed by atoms with Gasteiger partial charge in [-0.1, -0.05) is 12.8 Å². The smallest absolute Gasteiger partial charge is 0.311 e. The van der Waals surface area contributed by atoms with Crippen LogP contribution in [0, 0.1) is 5.41 Å². The zero-order valence-corrected chi connectivity index (χ0v) is 10.8. The molecular formula is C12H14N6O2. The van der Waals surface area contributed by atoms with Crippen molar-refractivity contribution in [2.75, 3.05) is 0 Å². The molecule has 0 amide bonds. The highest BCUT2D eigenvalue weighted by atomic mass is 16.4. The molecule has 3 rings (SSSR count). The minimum Gasteiger partial charge on any atom is -0.481 e. The summed E-state index contributed by atoms with van der Waals surface area (Å²) in [5, 5.41) is 21.0. The van der Waals surface area contributed by atoms with Crippen molar-refractivity contribution in [3.05, 3.63) is 18.6 Å². The van der Waals surface area contributed by atoms with Gasteiger partial charge in [0.15, 0.2) is 0 Å². The van der Waals surface area contributed by atoms with Gasteiger partial charge in [0.1, 0.15) is 5.69 Å². The molecular weight excluding hydrogens is 260 g/mol. The molecule has 1 fully saturated rings. The predicted molar refractivity (Wildman–Crippen MR) is 67.4 cm³/mol. The molecule has 0 bridgehead atoms. The fraction of sp³-hybridized carbons (Fsp3) is 0.500. The monoisotopic (exact) mass is 274 g/mol. The third-order valence-electron chi connectivity index (χ3n) is 3.79. The summed E-state index contributed by atoms with van der Waals surface area (Å²) in [6, 6.07) is 0. The summed E-state index contributed by atoms with van der Waals surface area (Å²) in [5.74, 6) is -0.332. The molecule has 8 heteroatoms. The highest BCUT2D eigenvalue weighted by Crippen LogP contribution is 2.40. The summed E-state index contributed by atoms with van der Waals surface area (Å²) < 4.78 is 1.52. The standard InChI is InChI=1S/C12H14N6O2/c19-11(20)12(3-1-2-4-12)8-18-10(15-16-17-18)9-7-13-5-6-14-9/h5-7H,1-4,8H2,(H,19,20). The average Bonchev–Trinajstić information content (AvgIpc) is 3.10. The lowest BCUT2D eigenvalue weighted by molar-refractivity contribution is -0.149. The van der Waals surface area contributed by atoms with Gasteiger partial charge in [-0.15, -0.1) is 5.10 Å². The van der Waals surface area contributed by atoms with Crippen molar-refractivity contribution in [2.45, 2.75) is 32.2 Å². The minimum atomic E-state index is -0.782. The Hall–Kier alpha value is -2.38. The number of hydrogen-bond acceptors (Lipinski definition) is 6. The highest BCUT2D eigenvalue weighted by molar-refractivity contribution is 5.75. The number of aromatic nitrogens is 6. The van der Waals surface area contributed by atoms with Crippen LogP contribution in [-0.4, -0.2) is 41.3 Å². The van der Waals surface area contributed by atoms with Crippen molar-refractivity contribution in [1.82, 2.24) is 30.2 Å². The lowest BCUT2D eigenvalue weighted by Crippen LogP contribution is -2.33. The molecule has 1 aliphatic carbocycles. The summed E-state index contributed by atoms with van der Waals surface area (Å²) in [6.07, 6.45) is 7.84. The van der Waals surface area contributed by atoms with Gasteiger partial charge in [0.05, 0.1) is 18.2 Å². The number of rotatable bonds is 4. The second-order valence-corrected chi connectivity index (χ2v) is 5.04. The molecule has 1 aliphatic rings. The Balaban J connectivity index is 1.93. The first-order valence-corrected chi connectivity index (χ1v) is 6.47. The second-order valence-electron chi connectivity index (χ2n) is 5.04. The first-order valence-electron chi connectivity index (χ1n) is 6.47. The summed E-state index contributed by atoms with van der Waals surface area (Å²) in [5.41, 5.74) is -0.233. The molecule has 0 aromatic carbocycles. The molecule has 104 valence electrons. The Labute approximate surface area is 114 Å². The molecule has 8 nitrogen and oxygen atoms in total. The topological polar surface area (TPSA) is 107 Å². The van der Waals surface area contributed by atoms with Gasteiger partial charge >= 0.3 is 5.97 Å². The molecule has 20 heavy (non-hydrogen) atoms. The normalized spacial score (nSPS) is 17.2. The van der Waals surface area contributed by atoms with Gasteiger partial charge in [0.25, 0.3) is 0 Å². The number of hydrogen-bond donors (Lipinski definition) is 1. The number of carbonyl (C=O) groups is 1. The van der Waals surface area contributed by atoms with E-state index < -0.39 is 11.4 Å². The summed E-state index contributed by atoms with van der Waals surface area (Å²) in [4.78, 5) is 19.7. The highest BCUT2D eigenvalue weighted by Gasteiger charge is 2.42. The van der Waals surface area contributed by atoms with Crippen LogP contribution in [0.25, 0.3) is 11.5 Å². The van der Waals surface area contributed by atoms with E-state index in [-0.39, 0.29) is 6.54 Å². The van der Waals surface area contributed by atoms with E-state index >= 15 is 0 Å². The van der Waals surface area contributed by atoms with Crippen LogP contribution in [0.2, 0.25) is 0 Å². The van der Waals surface area contributed by atoms with Crippen LogP contribution >= 0.6 is 0 Å². The van der Waals surface area contributed by atoms with E-state index in [2.05, 4.69) is 25.5 Å². The predicted octanol–water partition coefficient (Wildman–Crippen LogP) is 0.775. The summed E-state index contributed by atoms with van der Waals surface area (Å²) >= 11 is 0. The molecule has 0 atom stereocenters. The first-order chi connectivity index (χ1) is 9.71. The minimum absolute atomic E-state index is 0.265. The van der Waals surface area contributed by atoms with E-state index in [9.17, 15) is 9.90 Å². The van der Waals surface area contributed by atoms with Crippen LogP contribution in [0.4, 0.5) is 0 Å². The lowest BCUT2D eigenvalue weighted by atomic mass is 9.86. The van der Waals surface area contributed by atoms with E-state index in [1.807, 2.05) is 0 Å². The van der Waals surface area contributed by atoms with E-state index in [1.54, 1.807) is 18.6 Å². The van der Waals surface area contributed by atoms with Gasteiger partial charge in [0, 0.05) is 12.4 Å². The van der Waals surface area contributed by atoms with Crippen LogP contribution in [0.5, 0.6) is 0 Å². The van der Waals surface area contributed by atoms with Crippen molar-refractivity contribution in [2.24, 2.45) is 5.41 Å². The molecule has 0 saturated heterocycles. The van der Waals surface area contributed by atoms with E-state index in [4.69, 9.17) is 0 Å². The second kappa shape index (κ2) is 4.95. The van der Waals surface area contributed by atoms with Gasteiger partial charge in [0.2, 0.25) is 5.82 Å². The van der Waals surface area contributed by atoms with Crippen LogP contribution < -0.4 is 0 Å². The Morgan fingerprint density at radius 3 is 2.80 bits per heavy atom. The molecule has 1 N–H and O–H groups in total. The van der Waals surface area contributed by atoms with E-state index in [0.29, 0.717) is 24.4 Å². The third-order valence-corrected chi connectivity index (χ3v) is 3.79. The van der Waals surface area contributed by atoms with Crippen molar-refractivity contribution in [1.29, 1.82) is 0 Å².